The summed E-state index contributed by atoms with van der Waals surface area (Å²) in [6, 6.07) is 11.8. The summed E-state index contributed by atoms with van der Waals surface area (Å²) < 4.78 is 0. The molecule has 0 radical (unpaired) electrons. The van der Waals surface area contributed by atoms with E-state index in [0.29, 0.717) is 24.6 Å². The van der Waals surface area contributed by atoms with Crippen LogP contribution in [0.15, 0.2) is 53.0 Å². The Morgan fingerprint density at radius 2 is 1.93 bits per heavy atom. The summed E-state index contributed by atoms with van der Waals surface area (Å²) >= 11 is 1.71. The molecule has 3 heterocycles. The Hall–Kier alpha value is -2.60. The van der Waals surface area contributed by atoms with Crippen molar-refractivity contribution in [3.63, 3.8) is 0 Å². The summed E-state index contributed by atoms with van der Waals surface area (Å²) in [4.78, 5) is 30.4. The summed E-state index contributed by atoms with van der Waals surface area (Å²) in [6.45, 7) is 5.45. The first kappa shape index (κ1) is 18.7. The van der Waals surface area contributed by atoms with Crippen LogP contribution in [-0.2, 0) is 11.2 Å². The van der Waals surface area contributed by atoms with Crippen LogP contribution in [0.2, 0.25) is 0 Å². The van der Waals surface area contributed by atoms with Gasteiger partial charge < -0.3 is 10.2 Å². The Labute approximate surface area is 169 Å². The number of likely N-dealkylation sites (N-methyl/N-ethyl adjacent to an activating group) is 1. The number of carbonyl (C=O) groups excluding carboxylic acids is 2. The molecule has 0 saturated carbocycles. The quantitative estimate of drug-likeness (QED) is 0.835. The third-order valence-electron chi connectivity index (χ3n) is 5.58. The fourth-order valence-corrected chi connectivity index (χ4v) is 4.53. The first-order chi connectivity index (χ1) is 13.5. The number of thiophene rings is 1. The van der Waals surface area contributed by atoms with E-state index in [4.69, 9.17) is 0 Å². The van der Waals surface area contributed by atoms with Gasteiger partial charge in [0.2, 0.25) is 0 Å². The van der Waals surface area contributed by atoms with Crippen LogP contribution >= 0.6 is 11.3 Å². The molecule has 146 valence electrons. The van der Waals surface area contributed by atoms with Gasteiger partial charge >= 0.3 is 6.03 Å². The van der Waals surface area contributed by atoms with Gasteiger partial charge in [-0.15, -0.1) is 11.3 Å². The topological polar surface area (TPSA) is 52.7 Å². The minimum atomic E-state index is -0.390. The maximum Gasteiger partial charge on any atom is 0.322 e. The number of hydrogen-bond acceptors (Lipinski definition) is 3. The molecule has 0 spiro atoms. The number of benzene rings is 1. The third-order valence-corrected chi connectivity index (χ3v) is 6.52. The fraction of sp³-hybridized carbons (Fsp3) is 0.364. The highest BCUT2D eigenvalue weighted by Gasteiger charge is 2.42. The number of hydrogen-bond donors (Lipinski definition) is 1. The minimum absolute atomic E-state index is 0.0244. The van der Waals surface area contributed by atoms with Crippen LogP contribution in [0.3, 0.4) is 0 Å². The van der Waals surface area contributed by atoms with Gasteiger partial charge in [-0.3, -0.25) is 9.69 Å². The summed E-state index contributed by atoms with van der Waals surface area (Å²) in [5, 5.41) is 5.06. The molecule has 0 saturated heterocycles. The molecule has 1 aromatic carbocycles. The maximum absolute atomic E-state index is 13.2. The van der Waals surface area contributed by atoms with E-state index >= 15 is 0 Å². The molecule has 2 aliphatic heterocycles. The van der Waals surface area contributed by atoms with E-state index < -0.39 is 0 Å². The molecule has 0 aliphatic carbocycles. The number of rotatable bonds is 5. The van der Waals surface area contributed by atoms with Gasteiger partial charge in [-0.05, 0) is 34.9 Å². The molecule has 2 aromatic rings. The van der Waals surface area contributed by atoms with Crippen LogP contribution in [0.4, 0.5) is 4.79 Å². The number of urea groups is 1. The van der Waals surface area contributed by atoms with E-state index in [9.17, 15) is 9.59 Å². The lowest BCUT2D eigenvalue weighted by Crippen LogP contribution is -2.45. The van der Waals surface area contributed by atoms with Gasteiger partial charge in [0.1, 0.15) is 0 Å². The van der Waals surface area contributed by atoms with Crippen molar-refractivity contribution in [1.29, 1.82) is 0 Å². The van der Waals surface area contributed by atoms with Crippen molar-refractivity contribution in [2.45, 2.75) is 32.2 Å². The van der Waals surface area contributed by atoms with Crippen LogP contribution in [0, 0.1) is 0 Å². The second-order valence-electron chi connectivity index (χ2n) is 7.68. The van der Waals surface area contributed by atoms with E-state index in [2.05, 4.69) is 42.7 Å². The molecule has 0 bridgehead atoms. The van der Waals surface area contributed by atoms with E-state index in [1.807, 2.05) is 23.1 Å². The molecule has 2 aliphatic rings. The Kier molecular flexibility index (Phi) is 4.98. The highest BCUT2D eigenvalue weighted by molar-refractivity contribution is 7.09. The summed E-state index contributed by atoms with van der Waals surface area (Å²) in [5.74, 6) is 0.466. The molecule has 1 atom stereocenters. The Morgan fingerprint density at radius 3 is 2.57 bits per heavy atom. The molecule has 1 unspecified atom stereocenters. The highest BCUT2D eigenvalue weighted by Crippen LogP contribution is 2.36. The van der Waals surface area contributed by atoms with Crippen molar-refractivity contribution in [1.82, 2.24) is 15.1 Å². The van der Waals surface area contributed by atoms with Gasteiger partial charge in [0, 0.05) is 18.5 Å². The van der Waals surface area contributed by atoms with Gasteiger partial charge in [0.05, 0.1) is 23.9 Å². The lowest BCUT2D eigenvalue weighted by molar-refractivity contribution is -0.125. The van der Waals surface area contributed by atoms with Crippen LogP contribution in [0.25, 0.3) is 0 Å². The zero-order chi connectivity index (χ0) is 19.8. The van der Waals surface area contributed by atoms with E-state index in [-0.39, 0.29) is 18.0 Å². The molecule has 5 nitrogen and oxygen atoms in total. The minimum Gasteiger partial charge on any atom is -0.333 e. The smallest absolute Gasteiger partial charge is 0.322 e. The van der Waals surface area contributed by atoms with Crippen LogP contribution in [-0.4, -0.2) is 41.9 Å². The number of amides is 3. The van der Waals surface area contributed by atoms with Crippen molar-refractivity contribution in [2.75, 3.05) is 20.1 Å². The van der Waals surface area contributed by atoms with Crippen molar-refractivity contribution in [3.05, 3.63) is 69.1 Å². The number of nitrogens with zero attached hydrogens (tertiary/aromatic N) is 2. The van der Waals surface area contributed by atoms with Crippen molar-refractivity contribution >= 4 is 23.3 Å². The molecule has 1 aromatic heterocycles. The molecular weight excluding hydrogens is 370 g/mol. The molecule has 1 N–H and O–H groups in total. The largest absolute Gasteiger partial charge is 0.333 e. The van der Waals surface area contributed by atoms with Crippen LogP contribution in [0.5, 0.6) is 0 Å². The first-order valence-electron chi connectivity index (χ1n) is 9.64. The van der Waals surface area contributed by atoms with Crippen molar-refractivity contribution in [3.8, 4) is 0 Å². The zero-order valence-corrected chi connectivity index (χ0v) is 17.3. The first-order valence-corrected chi connectivity index (χ1v) is 10.5. The lowest BCUT2D eigenvalue weighted by atomic mass is 9.93. The maximum atomic E-state index is 13.2. The SMILES string of the molecule is CC(C)c1ccc(C2NC(=O)N(C)C3=C2C(=O)N(CCc2cccs2)C3)cc1. The Balaban J connectivity index is 1.59. The summed E-state index contributed by atoms with van der Waals surface area (Å²) in [7, 11) is 1.73. The van der Waals surface area contributed by atoms with Gasteiger partial charge in [-0.25, -0.2) is 4.79 Å². The highest BCUT2D eigenvalue weighted by atomic mass is 32.1. The predicted molar refractivity (Wildman–Crippen MR) is 111 cm³/mol. The normalized spacial score (nSPS) is 19.5. The van der Waals surface area contributed by atoms with Crippen LogP contribution < -0.4 is 5.32 Å². The van der Waals surface area contributed by atoms with Crippen LogP contribution in [0.1, 0.15) is 41.8 Å². The van der Waals surface area contributed by atoms with E-state index in [1.165, 1.54) is 10.4 Å². The van der Waals surface area contributed by atoms with E-state index in [1.54, 1.807) is 23.3 Å². The number of nitrogens with one attached hydrogen (secondary N) is 1. The second-order valence-corrected chi connectivity index (χ2v) is 8.71. The summed E-state index contributed by atoms with van der Waals surface area (Å²) in [6.07, 6.45) is 0.836. The number of carbonyl (C=O) groups is 2. The molecule has 6 heteroatoms. The van der Waals surface area contributed by atoms with Crippen molar-refractivity contribution in [2.24, 2.45) is 0 Å². The van der Waals surface area contributed by atoms with Crippen molar-refractivity contribution < 1.29 is 9.59 Å². The van der Waals surface area contributed by atoms with Gasteiger partial charge in [-0.1, -0.05) is 44.2 Å². The second kappa shape index (κ2) is 7.43. The van der Waals surface area contributed by atoms with Gasteiger partial charge in [0.15, 0.2) is 0 Å². The molecular formula is C22H25N3O2S. The van der Waals surface area contributed by atoms with E-state index in [0.717, 1.165) is 17.7 Å². The standard InChI is InChI=1S/C22H25N3O2S/c1-14(2)15-6-8-16(9-7-15)20-19-18(24(3)22(27)23-20)13-25(21(19)26)11-10-17-5-4-12-28-17/h4-9,12,14,20H,10-11,13H2,1-3H3,(H,23,27). The Bertz CT molecular complexity index is 916. The van der Waals surface area contributed by atoms with Gasteiger partial charge in [0.25, 0.3) is 5.91 Å². The summed E-state index contributed by atoms with van der Waals surface area (Å²) in [5.41, 5.74) is 3.71. The fourth-order valence-electron chi connectivity index (χ4n) is 3.83. The monoisotopic (exact) mass is 395 g/mol. The Morgan fingerprint density at radius 1 is 1.18 bits per heavy atom. The third kappa shape index (κ3) is 3.33. The molecule has 0 fully saturated rings. The molecule has 3 amide bonds. The zero-order valence-electron chi connectivity index (χ0n) is 16.4. The molecule has 4 rings (SSSR count). The average molecular weight is 396 g/mol. The lowest BCUT2D eigenvalue weighted by Gasteiger charge is -2.31. The molecule has 28 heavy (non-hydrogen) atoms. The van der Waals surface area contributed by atoms with Gasteiger partial charge in [-0.2, -0.15) is 0 Å². The predicted octanol–water partition coefficient (Wildman–Crippen LogP) is 3.91. The average Bonchev–Trinajstić information content (AvgIpc) is 3.31.